The van der Waals surface area contributed by atoms with Gasteiger partial charge in [0.25, 0.3) is 0 Å². The molecule has 186 valence electrons. The fourth-order valence-electron chi connectivity index (χ4n) is 4.24. The molecule has 3 heterocycles. The molecule has 2 fully saturated rings. The smallest absolute Gasteiger partial charge is 0.475 e. The van der Waals surface area contributed by atoms with Crippen LogP contribution >= 0.6 is 0 Å². The van der Waals surface area contributed by atoms with Crippen molar-refractivity contribution in [2.24, 2.45) is 11.8 Å². The maximum Gasteiger partial charge on any atom is 0.490 e. The number of carboxylic acids is 1. The number of piperidine rings is 1. The van der Waals surface area contributed by atoms with Gasteiger partial charge in [-0.1, -0.05) is 19.9 Å². The van der Waals surface area contributed by atoms with Gasteiger partial charge in [-0.25, -0.2) is 4.79 Å². The van der Waals surface area contributed by atoms with Gasteiger partial charge in [0, 0.05) is 38.9 Å². The number of hydrogen-bond donors (Lipinski definition) is 1. The van der Waals surface area contributed by atoms with Gasteiger partial charge in [0.2, 0.25) is 5.91 Å². The number of carbonyl (C=O) groups excluding carboxylic acids is 1. The Labute approximate surface area is 192 Å². The normalized spacial score (nSPS) is 19.9. The lowest BCUT2D eigenvalue weighted by Gasteiger charge is -2.42. The largest absolute Gasteiger partial charge is 0.490 e. The van der Waals surface area contributed by atoms with Crippen molar-refractivity contribution in [3.8, 4) is 0 Å². The van der Waals surface area contributed by atoms with E-state index >= 15 is 0 Å². The Kier molecular flexibility index (Phi) is 10.1. The number of nitrogens with zero attached hydrogens (tertiary/aromatic N) is 2. The molecule has 0 aliphatic carbocycles. The molecule has 0 radical (unpaired) electrons. The van der Waals surface area contributed by atoms with Gasteiger partial charge in [-0.05, 0) is 49.7 Å². The molecule has 10 heteroatoms. The zero-order valence-electron chi connectivity index (χ0n) is 19.1. The average molecular weight is 475 g/mol. The highest BCUT2D eigenvalue weighted by atomic mass is 19.4. The fraction of sp³-hybridized carbons (Fsp3) is 0.696. The van der Waals surface area contributed by atoms with E-state index in [1.54, 1.807) is 6.20 Å². The van der Waals surface area contributed by atoms with E-state index in [9.17, 15) is 18.0 Å². The number of carbonyl (C=O) groups is 2. The summed E-state index contributed by atoms with van der Waals surface area (Å²) in [6.07, 6.45) is 1.41. The Morgan fingerprint density at radius 2 is 1.97 bits per heavy atom. The maximum absolute atomic E-state index is 12.3. The van der Waals surface area contributed by atoms with Gasteiger partial charge in [0.05, 0.1) is 17.9 Å². The summed E-state index contributed by atoms with van der Waals surface area (Å²) in [5.41, 5.74) is 0.935. The summed E-state index contributed by atoms with van der Waals surface area (Å²) >= 11 is 0. The standard InChI is InChI=1S/C21H32N2O3.C2HF3O2/c1-17(2)15-20(24)23-11-8-21(9-12-23)18(7-14-26-21)6-13-25-16-19-5-3-4-10-22-19;3-2(4,5)1(6)7/h3-5,10,17-18H,6-9,11-16H2,1-2H3;(H,6,7). The molecule has 1 amide bonds. The number of likely N-dealkylation sites (tertiary alicyclic amines) is 1. The van der Waals surface area contributed by atoms with Crippen LogP contribution in [0.3, 0.4) is 0 Å². The average Bonchev–Trinajstić information content (AvgIpc) is 3.13. The molecule has 7 nitrogen and oxygen atoms in total. The summed E-state index contributed by atoms with van der Waals surface area (Å²) in [5, 5.41) is 7.12. The highest BCUT2D eigenvalue weighted by Crippen LogP contribution is 2.42. The van der Waals surface area contributed by atoms with Crippen molar-refractivity contribution >= 4 is 11.9 Å². The second kappa shape index (κ2) is 12.3. The van der Waals surface area contributed by atoms with E-state index in [2.05, 4.69) is 18.8 Å². The van der Waals surface area contributed by atoms with Crippen LogP contribution in [0.25, 0.3) is 0 Å². The Balaban J connectivity index is 0.000000479. The van der Waals surface area contributed by atoms with Gasteiger partial charge in [-0.2, -0.15) is 13.2 Å². The Morgan fingerprint density at radius 3 is 2.52 bits per heavy atom. The molecule has 0 saturated carbocycles. The van der Waals surface area contributed by atoms with E-state index in [0.717, 1.165) is 57.7 Å². The SMILES string of the molecule is CC(C)CC(=O)N1CCC2(CC1)OCCC2CCOCc1ccccn1.O=C(O)C(F)(F)F. The summed E-state index contributed by atoms with van der Waals surface area (Å²) in [4.78, 5) is 27.5. The molecule has 0 aromatic carbocycles. The zero-order valence-corrected chi connectivity index (χ0v) is 19.1. The minimum atomic E-state index is -5.08. The second-order valence-corrected chi connectivity index (χ2v) is 8.84. The molecule has 2 saturated heterocycles. The molecule has 2 aliphatic rings. The Morgan fingerprint density at radius 1 is 1.30 bits per heavy atom. The number of hydrogen-bond acceptors (Lipinski definition) is 5. The summed E-state index contributed by atoms with van der Waals surface area (Å²) in [6.45, 7) is 8.01. The van der Waals surface area contributed by atoms with Crippen molar-refractivity contribution in [1.29, 1.82) is 0 Å². The number of ether oxygens (including phenoxy) is 2. The number of amides is 1. The van der Waals surface area contributed by atoms with E-state index in [1.165, 1.54) is 0 Å². The van der Waals surface area contributed by atoms with Crippen molar-refractivity contribution in [2.75, 3.05) is 26.3 Å². The first-order chi connectivity index (χ1) is 15.5. The quantitative estimate of drug-likeness (QED) is 0.600. The number of halogens is 3. The van der Waals surface area contributed by atoms with Gasteiger partial charge in [-0.3, -0.25) is 9.78 Å². The highest BCUT2D eigenvalue weighted by molar-refractivity contribution is 5.76. The van der Waals surface area contributed by atoms with Crippen LogP contribution < -0.4 is 0 Å². The van der Waals surface area contributed by atoms with Crippen LogP contribution in [0.1, 0.15) is 51.6 Å². The highest BCUT2D eigenvalue weighted by Gasteiger charge is 2.46. The monoisotopic (exact) mass is 474 g/mol. The number of alkyl halides is 3. The van der Waals surface area contributed by atoms with E-state index in [0.29, 0.717) is 30.8 Å². The molecule has 0 bridgehead atoms. The third-order valence-electron chi connectivity index (χ3n) is 5.97. The van der Waals surface area contributed by atoms with Crippen LogP contribution in [-0.4, -0.2) is 64.9 Å². The van der Waals surface area contributed by atoms with Crippen molar-refractivity contribution in [3.05, 3.63) is 30.1 Å². The third-order valence-corrected chi connectivity index (χ3v) is 5.97. The van der Waals surface area contributed by atoms with Crippen molar-refractivity contribution in [1.82, 2.24) is 9.88 Å². The second-order valence-electron chi connectivity index (χ2n) is 8.84. The van der Waals surface area contributed by atoms with E-state index < -0.39 is 12.1 Å². The number of aliphatic carboxylic acids is 1. The molecule has 1 spiro atoms. The maximum atomic E-state index is 12.3. The molecule has 1 N–H and O–H groups in total. The van der Waals surface area contributed by atoms with Crippen LogP contribution in [-0.2, 0) is 25.7 Å². The number of aromatic nitrogens is 1. The number of pyridine rings is 1. The zero-order chi connectivity index (χ0) is 24.5. The van der Waals surface area contributed by atoms with Crippen molar-refractivity contribution in [2.45, 2.75) is 64.3 Å². The van der Waals surface area contributed by atoms with Crippen LogP contribution in [0.15, 0.2) is 24.4 Å². The number of carboxylic acid groups (broad SMARTS) is 1. The molecule has 3 rings (SSSR count). The van der Waals surface area contributed by atoms with Crippen molar-refractivity contribution < 1.29 is 37.3 Å². The van der Waals surface area contributed by atoms with Crippen molar-refractivity contribution in [3.63, 3.8) is 0 Å². The van der Waals surface area contributed by atoms with E-state index in [1.807, 2.05) is 23.1 Å². The summed E-state index contributed by atoms with van der Waals surface area (Å²) in [5.74, 6) is -1.51. The number of rotatable bonds is 7. The minimum absolute atomic E-state index is 0.0387. The summed E-state index contributed by atoms with van der Waals surface area (Å²) in [7, 11) is 0. The van der Waals surface area contributed by atoms with Gasteiger partial charge >= 0.3 is 12.1 Å². The van der Waals surface area contributed by atoms with Crippen LogP contribution in [0.2, 0.25) is 0 Å². The predicted octanol–water partition coefficient (Wildman–Crippen LogP) is 4.07. The Hall–Kier alpha value is -2.20. The van der Waals surface area contributed by atoms with Crippen LogP contribution in [0, 0.1) is 11.8 Å². The topological polar surface area (TPSA) is 89.0 Å². The first-order valence-corrected chi connectivity index (χ1v) is 11.2. The van der Waals surface area contributed by atoms with Gasteiger partial charge in [-0.15, -0.1) is 0 Å². The lowest BCUT2D eigenvalue weighted by atomic mass is 9.78. The minimum Gasteiger partial charge on any atom is -0.475 e. The fourth-order valence-corrected chi connectivity index (χ4v) is 4.24. The molecular weight excluding hydrogens is 441 g/mol. The summed E-state index contributed by atoms with van der Waals surface area (Å²) in [6, 6.07) is 5.89. The molecule has 1 aromatic rings. The lowest BCUT2D eigenvalue weighted by molar-refractivity contribution is -0.192. The van der Waals surface area contributed by atoms with Gasteiger partial charge in [0.15, 0.2) is 0 Å². The molecule has 2 aliphatic heterocycles. The molecule has 33 heavy (non-hydrogen) atoms. The van der Waals surface area contributed by atoms with Gasteiger partial charge < -0.3 is 19.5 Å². The predicted molar refractivity (Wildman–Crippen MR) is 114 cm³/mol. The molecule has 1 aromatic heterocycles. The first-order valence-electron chi connectivity index (χ1n) is 11.2. The lowest BCUT2D eigenvalue weighted by Crippen LogP contribution is -2.49. The van der Waals surface area contributed by atoms with Gasteiger partial charge in [0.1, 0.15) is 0 Å². The van der Waals surface area contributed by atoms with E-state index in [4.69, 9.17) is 19.4 Å². The first kappa shape index (κ1) is 27.0. The summed E-state index contributed by atoms with van der Waals surface area (Å²) < 4.78 is 43.8. The Bertz CT molecular complexity index is 750. The van der Waals surface area contributed by atoms with Crippen LogP contribution in [0.4, 0.5) is 13.2 Å². The van der Waals surface area contributed by atoms with Crippen LogP contribution in [0.5, 0.6) is 0 Å². The molecule has 1 unspecified atom stereocenters. The molecular formula is C23H33F3N2O5. The molecule has 1 atom stereocenters. The van der Waals surface area contributed by atoms with E-state index in [-0.39, 0.29) is 5.60 Å². The third kappa shape index (κ3) is 8.58.